The molecule has 0 radical (unpaired) electrons. The molecule has 0 saturated carbocycles. The molecule has 92 valence electrons. The summed E-state index contributed by atoms with van der Waals surface area (Å²) in [5.74, 6) is -0.680. The normalized spacial score (nSPS) is 20.3. The molecule has 1 aromatic rings. The minimum absolute atomic E-state index is 0.178. The lowest BCUT2D eigenvalue weighted by Crippen LogP contribution is -2.44. The van der Waals surface area contributed by atoms with Crippen LogP contribution in [0.1, 0.15) is 23.4 Å². The first kappa shape index (κ1) is 12.0. The van der Waals surface area contributed by atoms with E-state index in [-0.39, 0.29) is 28.7 Å². The summed E-state index contributed by atoms with van der Waals surface area (Å²) in [6.07, 6.45) is 1.51. The van der Waals surface area contributed by atoms with Gasteiger partial charge in [0.05, 0.1) is 5.92 Å². The maximum atomic E-state index is 12.0. The molecular formula is C11H13ClN2O3. The number of halogens is 1. The maximum absolute atomic E-state index is 12.0. The van der Waals surface area contributed by atoms with Crippen molar-refractivity contribution in [3.63, 3.8) is 0 Å². The number of likely N-dealkylation sites (tertiary alicyclic amines) is 1. The average molecular weight is 257 g/mol. The summed E-state index contributed by atoms with van der Waals surface area (Å²) in [6.45, 7) is 0.966. The summed E-state index contributed by atoms with van der Waals surface area (Å²) in [7, 11) is 0. The summed E-state index contributed by atoms with van der Waals surface area (Å²) >= 11 is 5.61. The second kappa shape index (κ2) is 4.79. The Balaban J connectivity index is 2.07. The van der Waals surface area contributed by atoms with Crippen molar-refractivity contribution in [2.24, 2.45) is 11.7 Å². The molecule has 1 aliphatic rings. The van der Waals surface area contributed by atoms with Crippen LogP contribution in [-0.2, 0) is 4.79 Å². The van der Waals surface area contributed by atoms with E-state index in [0.29, 0.717) is 13.1 Å². The van der Waals surface area contributed by atoms with E-state index in [4.69, 9.17) is 21.8 Å². The van der Waals surface area contributed by atoms with Crippen LogP contribution in [0, 0.1) is 5.92 Å². The molecule has 1 fully saturated rings. The Morgan fingerprint density at radius 2 is 2.24 bits per heavy atom. The zero-order valence-corrected chi connectivity index (χ0v) is 9.94. The van der Waals surface area contributed by atoms with Crippen LogP contribution in [0.4, 0.5) is 0 Å². The van der Waals surface area contributed by atoms with Gasteiger partial charge >= 0.3 is 0 Å². The summed E-state index contributed by atoms with van der Waals surface area (Å²) in [4.78, 5) is 24.7. The molecule has 1 aromatic heterocycles. The Morgan fingerprint density at radius 3 is 2.82 bits per heavy atom. The van der Waals surface area contributed by atoms with E-state index in [1.807, 2.05) is 0 Å². The van der Waals surface area contributed by atoms with Crippen LogP contribution in [0.15, 0.2) is 16.5 Å². The molecular weight excluding hydrogens is 244 g/mol. The zero-order valence-electron chi connectivity index (χ0n) is 9.19. The molecule has 2 amide bonds. The first-order chi connectivity index (χ1) is 8.08. The highest BCUT2D eigenvalue weighted by molar-refractivity contribution is 6.29. The highest BCUT2D eigenvalue weighted by Gasteiger charge is 2.28. The van der Waals surface area contributed by atoms with Gasteiger partial charge in [0, 0.05) is 13.1 Å². The molecule has 1 aliphatic heterocycles. The van der Waals surface area contributed by atoms with E-state index < -0.39 is 0 Å². The topological polar surface area (TPSA) is 76.5 Å². The average Bonchev–Trinajstić information content (AvgIpc) is 2.75. The Hall–Kier alpha value is -1.49. The number of furan rings is 1. The van der Waals surface area contributed by atoms with Gasteiger partial charge < -0.3 is 15.1 Å². The van der Waals surface area contributed by atoms with Crippen LogP contribution >= 0.6 is 11.6 Å². The van der Waals surface area contributed by atoms with E-state index in [1.54, 1.807) is 4.90 Å². The third-order valence-corrected chi connectivity index (χ3v) is 3.10. The van der Waals surface area contributed by atoms with Crippen LogP contribution in [0.5, 0.6) is 0 Å². The van der Waals surface area contributed by atoms with E-state index in [9.17, 15) is 9.59 Å². The molecule has 0 unspecified atom stereocenters. The van der Waals surface area contributed by atoms with Crippen LogP contribution in [0.25, 0.3) is 0 Å². The van der Waals surface area contributed by atoms with Crippen LogP contribution in [0.3, 0.4) is 0 Å². The first-order valence-corrected chi connectivity index (χ1v) is 5.79. The van der Waals surface area contributed by atoms with Gasteiger partial charge in [-0.05, 0) is 36.6 Å². The fourth-order valence-electron chi connectivity index (χ4n) is 1.98. The zero-order chi connectivity index (χ0) is 12.4. The smallest absolute Gasteiger partial charge is 0.289 e. The molecule has 0 aromatic carbocycles. The highest BCUT2D eigenvalue weighted by atomic mass is 35.5. The number of rotatable bonds is 2. The summed E-state index contributed by atoms with van der Waals surface area (Å²) in [5.41, 5.74) is 5.25. The molecule has 2 rings (SSSR count). The number of hydrogen-bond acceptors (Lipinski definition) is 3. The quantitative estimate of drug-likeness (QED) is 0.866. The van der Waals surface area contributed by atoms with Crippen molar-refractivity contribution >= 4 is 23.4 Å². The second-order valence-electron chi connectivity index (χ2n) is 4.10. The van der Waals surface area contributed by atoms with Gasteiger partial charge in [-0.1, -0.05) is 0 Å². The molecule has 1 atom stereocenters. The summed E-state index contributed by atoms with van der Waals surface area (Å²) in [5, 5.41) is 0.178. The van der Waals surface area contributed by atoms with Crippen LogP contribution < -0.4 is 5.73 Å². The van der Waals surface area contributed by atoms with Gasteiger partial charge in [0.1, 0.15) is 0 Å². The lowest BCUT2D eigenvalue weighted by atomic mass is 9.97. The molecule has 0 aliphatic carbocycles. The lowest BCUT2D eigenvalue weighted by molar-refractivity contribution is -0.123. The Kier molecular flexibility index (Phi) is 3.38. The highest BCUT2D eigenvalue weighted by Crippen LogP contribution is 2.20. The van der Waals surface area contributed by atoms with E-state index in [2.05, 4.69) is 0 Å². The molecule has 17 heavy (non-hydrogen) atoms. The van der Waals surface area contributed by atoms with Crippen molar-refractivity contribution < 1.29 is 14.0 Å². The standard InChI is InChI=1S/C11H13ClN2O3/c12-9-4-3-8(17-9)11(16)14-5-1-2-7(6-14)10(13)15/h3-4,7H,1-2,5-6H2,(H2,13,15)/t7-/m0/s1. The number of primary amides is 1. The van der Waals surface area contributed by atoms with Crippen molar-refractivity contribution in [1.29, 1.82) is 0 Å². The van der Waals surface area contributed by atoms with Gasteiger partial charge in [0.15, 0.2) is 11.0 Å². The Labute approximate surface area is 104 Å². The largest absolute Gasteiger partial charge is 0.440 e. The Bertz CT molecular complexity index is 444. The van der Waals surface area contributed by atoms with Crippen molar-refractivity contribution in [3.05, 3.63) is 23.1 Å². The van der Waals surface area contributed by atoms with Crippen molar-refractivity contribution in [2.75, 3.05) is 13.1 Å². The van der Waals surface area contributed by atoms with Gasteiger partial charge in [0.25, 0.3) is 5.91 Å². The Morgan fingerprint density at radius 1 is 1.47 bits per heavy atom. The summed E-state index contributed by atoms with van der Waals surface area (Å²) in [6, 6.07) is 3.04. The van der Waals surface area contributed by atoms with Crippen LogP contribution in [0.2, 0.25) is 5.22 Å². The van der Waals surface area contributed by atoms with E-state index in [1.165, 1.54) is 12.1 Å². The number of carbonyl (C=O) groups is 2. The maximum Gasteiger partial charge on any atom is 0.289 e. The monoisotopic (exact) mass is 256 g/mol. The van der Waals surface area contributed by atoms with Gasteiger partial charge in [0.2, 0.25) is 5.91 Å². The first-order valence-electron chi connectivity index (χ1n) is 5.42. The molecule has 6 heteroatoms. The number of amides is 2. The summed E-state index contributed by atoms with van der Waals surface area (Å²) < 4.78 is 5.05. The van der Waals surface area contributed by atoms with Gasteiger partial charge in [-0.15, -0.1) is 0 Å². The minimum atomic E-state index is -0.361. The molecule has 2 N–H and O–H groups in total. The fourth-order valence-corrected chi connectivity index (χ4v) is 2.13. The SMILES string of the molecule is NC(=O)[C@H]1CCCN(C(=O)c2ccc(Cl)o2)C1. The van der Waals surface area contributed by atoms with Crippen molar-refractivity contribution in [3.8, 4) is 0 Å². The molecule has 0 bridgehead atoms. The van der Waals surface area contributed by atoms with Gasteiger partial charge in [-0.3, -0.25) is 9.59 Å². The number of hydrogen-bond donors (Lipinski definition) is 1. The van der Waals surface area contributed by atoms with E-state index >= 15 is 0 Å². The lowest BCUT2D eigenvalue weighted by Gasteiger charge is -2.30. The fraction of sp³-hybridized carbons (Fsp3) is 0.455. The van der Waals surface area contributed by atoms with Gasteiger partial charge in [-0.2, -0.15) is 0 Å². The molecule has 2 heterocycles. The molecule has 0 spiro atoms. The predicted molar refractivity (Wildman–Crippen MR) is 61.5 cm³/mol. The second-order valence-corrected chi connectivity index (χ2v) is 4.47. The number of nitrogens with two attached hydrogens (primary N) is 1. The predicted octanol–water partition coefficient (Wildman–Crippen LogP) is 1.27. The van der Waals surface area contributed by atoms with Crippen molar-refractivity contribution in [2.45, 2.75) is 12.8 Å². The van der Waals surface area contributed by atoms with E-state index in [0.717, 1.165) is 12.8 Å². The minimum Gasteiger partial charge on any atom is -0.440 e. The molecule has 5 nitrogen and oxygen atoms in total. The molecule has 1 saturated heterocycles. The number of nitrogens with zero attached hydrogens (tertiary/aromatic N) is 1. The third kappa shape index (κ3) is 2.61. The van der Waals surface area contributed by atoms with Crippen molar-refractivity contribution in [1.82, 2.24) is 4.90 Å². The van der Waals surface area contributed by atoms with Crippen LogP contribution in [-0.4, -0.2) is 29.8 Å². The van der Waals surface area contributed by atoms with Gasteiger partial charge in [-0.25, -0.2) is 0 Å². The number of piperidine rings is 1. The number of carbonyl (C=O) groups excluding carboxylic acids is 2. The third-order valence-electron chi connectivity index (χ3n) is 2.89.